The molecule has 4 rings (SSSR count). The number of carboxylic acid groups (broad SMARTS) is 2. The normalized spacial score (nSPS) is 21.9. The first kappa shape index (κ1) is 18.8. The van der Waals surface area contributed by atoms with Gasteiger partial charge in [0.2, 0.25) is 0 Å². The number of carboxylic acids is 2. The van der Waals surface area contributed by atoms with Crippen molar-refractivity contribution in [2.24, 2.45) is 11.8 Å². The molecular weight excluding hydrogens is 346 g/mol. The maximum Gasteiger partial charge on any atom is 0.328 e. The molecule has 7 nitrogen and oxygen atoms in total. The summed E-state index contributed by atoms with van der Waals surface area (Å²) in [5.74, 6) is 0.298. The van der Waals surface area contributed by atoms with Crippen LogP contribution in [0.5, 0.6) is 0 Å². The highest BCUT2D eigenvalue weighted by Crippen LogP contribution is 2.33. The van der Waals surface area contributed by atoms with Crippen LogP contribution in [-0.2, 0) is 9.59 Å². The molecular formula is C20H23N3O4. The van der Waals surface area contributed by atoms with Gasteiger partial charge in [-0.15, -0.1) is 0 Å². The molecule has 27 heavy (non-hydrogen) atoms. The molecule has 142 valence electrons. The van der Waals surface area contributed by atoms with Crippen molar-refractivity contribution >= 4 is 28.5 Å². The van der Waals surface area contributed by atoms with Crippen molar-refractivity contribution in [3.63, 3.8) is 0 Å². The number of nitrogens with zero attached hydrogens (tertiary/aromatic N) is 3. The molecule has 0 bridgehead atoms. The summed E-state index contributed by atoms with van der Waals surface area (Å²) in [5.41, 5.74) is 0. The minimum absolute atomic E-state index is 0.558. The summed E-state index contributed by atoms with van der Waals surface area (Å²) >= 11 is 0. The zero-order chi connectivity index (χ0) is 19.4. The Morgan fingerprint density at radius 3 is 2.11 bits per heavy atom. The van der Waals surface area contributed by atoms with Crippen LogP contribution in [0.25, 0.3) is 10.8 Å². The van der Waals surface area contributed by atoms with Crippen molar-refractivity contribution in [3.05, 3.63) is 48.7 Å². The third kappa shape index (κ3) is 4.83. The fourth-order valence-corrected chi connectivity index (χ4v) is 3.80. The molecule has 1 aromatic heterocycles. The lowest BCUT2D eigenvalue weighted by molar-refractivity contribution is -0.134. The molecule has 0 radical (unpaired) electrons. The van der Waals surface area contributed by atoms with E-state index in [9.17, 15) is 9.59 Å². The van der Waals surface area contributed by atoms with Gasteiger partial charge in [0, 0.05) is 49.9 Å². The lowest BCUT2D eigenvalue weighted by atomic mass is 10.0. The van der Waals surface area contributed by atoms with Crippen molar-refractivity contribution in [3.8, 4) is 0 Å². The highest BCUT2D eigenvalue weighted by molar-refractivity contribution is 5.89. The first-order valence-corrected chi connectivity index (χ1v) is 8.84. The summed E-state index contributed by atoms with van der Waals surface area (Å²) in [5, 5.41) is 18.1. The van der Waals surface area contributed by atoms with Gasteiger partial charge in [-0.3, -0.25) is 0 Å². The Kier molecular flexibility index (Phi) is 5.71. The number of benzene rings is 1. The number of hydrogen-bond donors (Lipinski definition) is 2. The monoisotopic (exact) mass is 369 g/mol. The molecule has 2 N–H and O–H groups in total. The molecule has 0 amide bonds. The lowest BCUT2D eigenvalue weighted by Gasteiger charge is -2.20. The van der Waals surface area contributed by atoms with Crippen LogP contribution < -0.4 is 4.90 Å². The van der Waals surface area contributed by atoms with Crippen molar-refractivity contribution in [1.82, 2.24) is 9.88 Å². The smallest absolute Gasteiger partial charge is 0.328 e. The van der Waals surface area contributed by atoms with Gasteiger partial charge in [-0.2, -0.15) is 0 Å². The molecule has 2 unspecified atom stereocenters. The van der Waals surface area contributed by atoms with Gasteiger partial charge in [0.05, 0.1) is 0 Å². The van der Waals surface area contributed by atoms with Crippen molar-refractivity contribution in [2.75, 3.05) is 38.1 Å². The molecule has 7 heteroatoms. The number of fused-ring (bicyclic) bond motifs is 2. The minimum atomic E-state index is -1.26. The van der Waals surface area contributed by atoms with Gasteiger partial charge in [-0.05, 0) is 30.3 Å². The SMILES string of the molecule is CN1CC2CN(c3cc4ccccc4cn3)CC2C1.O=C(O)/C=C\C(=O)O. The third-order valence-corrected chi connectivity index (χ3v) is 4.98. The van der Waals surface area contributed by atoms with E-state index in [-0.39, 0.29) is 0 Å². The molecule has 0 spiro atoms. The molecule has 2 fully saturated rings. The van der Waals surface area contributed by atoms with E-state index in [0.29, 0.717) is 12.2 Å². The molecule has 2 saturated heterocycles. The zero-order valence-corrected chi connectivity index (χ0v) is 15.2. The van der Waals surface area contributed by atoms with Crippen LogP contribution in [-0.4, -0.2) is 65.3 Å². The average molecular weight is 369 g/mol. The Labute approximate surface area is 157 Å². The number of pyridine rings is 1. The van der Waals surface area contributed by atoms with E-state index in [4.69, 9.17) is 10.2 Å². The van der Waals surface area contributed by atoms with Crippen LogP contribution in [0.4, 0.5) is 5.82 Å². The zero-order valence-electron chi connectivity index (χ0n) is 15.2. The number of anilines is 1. The molecule has 2 aliphatic heterocycles. The summed E-state index contributed by atoms with van der Waals surface area (Å²) in [6.45, 7) is 4.82. The molecule has 1 aromatic carbocycles. The minimum Gasteiger partial charge on any atom is -0.478 e. The summed E-state index contributed by atoms with van der Waals surface area (Å²) in [6, 6.07) is 10.7. The molecule has 2 aromatic rings. The Hall–Kier alpha value is -2.93. The quantitative estimate of drug-likeness (QED) is 0.799. The van der Waals surface area contributed by atoms with Crippen LogP contribution in [0.1, 0.15) is 0 Å². The van der Waals surface area contributed by atoms with Gasteiger partial charge in [-0.25, -0.2) is 14.6 Å². The van der Waals surface area contributed by atoms with Gasteiger partial charge in [-0.1, -0.05) is 24.3 Å². The van der Waals surface area contributed by atoms with E-state index >= 15 is 0 Å². The Morgan fingerprint density at radius 1 is 1.00 bits per heavy atom. The van der Waals surface area contributed by atoms with Crippen molar-refractivity contribution in [2.45, 2.75) is 0 Å². The van der Waals surface area contributed by atoms with Crippen molar-refractivity contribution < 1.29 is 19.8 Å². The Bertz CT molecular complexity index is 837. The molecule has 2 atom stereocenters. The standard InChI is InChI=1S/C16H19N3.C4H4O4/c1-18-8-14-10-19(11-15(14)9-18)16-6-12-4-2-3-5-13(12)7-17-16;5-3(6)1-2-4(7)8/h2-7,14-15H,8-11H2,1H3;1-2H,(H,5,6)(H,7,8)/b;2-1-. The van der Waals surface area contributed by atoms with Gasteiger partial charge < -0.3 is 20.0 Å². The van der Waals surface area contributed by atoms with Crippen LogP contribution in [0.2, 0.25) is 0 Å². The predicted molar refractivity (Wildman–Crippen MR) is 103 cm³/mol. The Balaban J connectivity index is 0.000000226. The number of aromatic nitrogens is 1. The summed E-state index contributed by atoms with van der Waals surface area (Å²) in [6.07, 6.45) is 3.12. The number of rotatable bonds is 3. The summed E-state index contributed by atoms with van der Waals surface area (Å²) in [4.78, 5) is 28.7. The van der Waals surface area contributed by atoms with Crippen LogP contribution in [0.3, 0.4) is 0 Å². The fraction of sp³-hybridized carbons (Fsp3) is 0.350. The summed E-state index contributed by atoms with van der Waals surface area (Å²) < 4.78 is 0. The van der Waals surface area contributed by atoms with Crippen LogP contribution in [0.15, 0.2) is 48.7 Å². The second-order valence-electron chi connectivity index (χ2n) is 7.05. The molecule has 0 saturated carbocycles. The highest BCUT2D eigenvalue weighted by Gasteiger charge is 2.38. The first-order chi connectivity index (χ1) is 12.9. The maximum absolute atomic E-state index is 9.55. The van der Waals surface area contributed by atoms with Crippen LogP contribution >= 0.6 is 0 Å². The number of carbonyl (C=O) groups is 2. The van der Waals surface area contributed by atoms with Gasteiger partial charge in [0.15, 0.2) is 0 Å². The van der Waals surface area contributed by atoms with Crippen LogP contribution in [0, 0.1) is 11.8 Å². The fourth-order valence-electron chi connectivity index (χ4n) is 3.80. The number of likely N-dealkylation sites (tertiary alicyclic amines) is 1. The largest absolute Gasteiger partial charge is 0.478 e. The highest BCUT2D eigenvalue weighted by atomic mass is 16.4. The molecule has 2 aliphatic rings. The van der Waals surface area contributed by atoms with E-state index in [1.807, 2.05) is 6.20 Å². The second-order valence-corrected chi connectivity index (χ2v) is 7.05. The topological polar surface area (TPSA) is 94.0 Å². The van der Waals surface area contributed by atoms with Gasteiger partial charge in [0.25, 0.3) is 0 Å². The van der Waals surface area contributed by atoms with E-state index in [2.05, 4.69) is 52.2 Å². The third-order valence-electron chi connectivity index (χ3n) is 4.98. The molecule has 0 aliphatic carbocycles. The van der Waals surface area contributed by atoms with E-state index in [0.717, 1.165) is 17.7 Å². The summed E-state index contributed by atoms with van der Waals surface area (Å²) in [7, 11) is 2.23. The van der Waals surface area contributed by atoms with Gasteiger partial charge in [0.1, 0.15) is 5.82 Å². The molecule has 3 heterocycles. The maximum atomic E-state index is 9.55. The van der Waals surface area contributed by atoms with Gasteiger partial charge >= 0.3 is 11.9 Å². The number of aliphatic carboxylic acids is 2. The first-order valence-electron chi connectivity index (χ1n) is 8.84. The lowest BCUT2D eigenvalue weighted by Crippen LogP contribution is -2.27. The van der Waals surface area contributed by atoms with Crippen molar-refractivity contribution in [1.29, 1.82) is 0 Å². The van der Waals surface area contributed by atoms with E-state index in [1.54, 1.807) is 0 Å². The average Bonchev–Trinajstić information content (AvgIpc) is 3.17. The Morgan fingerprint density at radius 2 is 1.56 bits per heavy atom. The number of hydrogen-bond acceptors (Lipinski definition) is 5. The van der Waals surface area contributed by atoms with E-state index < -0.39 is 11.9 Å². The second kappa shape index (κ2) is 8.18. The predicted octanol–water partition coefficient (Wildman–Crippen LogP) is 1.94. The van der Waals surface area contributed by atoms with E-state index in [1.165, 1.54) is 37.0 Å².